The summed E-state index contributed by atoms with van der Waals surface area (Å²) in [5, 5.41) is 3.13. The van der Waals surface area contributed by atoms with E-state index >= 15 is 0 Å². The van der Waals surface area contributed by atoms with E-state index in [4.69, 9.17) is 0 Å². The molecule has 2 atom stereocenters. The molecule has 3 aromatic rings. The summed E-state index contributed by atoms with van der Waals surface area (Å²) < 4.78 is 53.8. The van der Waals surface area contributed by atoms with Crippen LogP contribution in [0.5, 0.6) is 0 Å². The predicted molar refractivity (Wildman–Crippen MR) is 89.3 cm³/mol. The summed E-state index contributed by atoms with van der Waals surface area (Å²) in [6.45, 7) is 0. The van der Waals surface area contributed by atoms with Crippen molar-refractivity contribution in [2.45, 2.75) is 24.8 Å². The number of fused-ring (bicyclic) bond motifs is 1. The molecule has 0 saturated heterocycles. The highest BCUT2D eigenvalue weighted by atomic mass is 19.4. The Labute approximate surface area is 145 Å². The van der Waals surface area contributed by atoms with Crippen LogP contribution in [0.4, 0.5) is 23.4 Å². The average molecular weight is 363 g/mol. The summed E-state index contributed by atoms with van der Waals surface area (Å²) in [5.74, 6) is 0.0936. The smallest absolute Gasteiger partial charge is 0.364 e. The van der Waals surface area contributed by atoms with E-state index in [0.717, 1.165) is 16.7 Å². The van der Waals surface area contributed by atoms with E-state index in [0.29, 0.717) is 11.1 Å². The molecule has 1 aliphatic carbocycles. The third-order valence-electron chi connectivity index (χ3n) is 4.27. The third kappa shape index (κ3) is 2.91. The highest BCUT2D eigenvalue weighted by Crippen LogP contribution is 2.35. The summed E-state index contributed by atoms with van der Waals surface area (Å²) in [6, 6.07) is 10.9. The van der Waals surface area contributed by atoms with Crippen LogP contribution in [0.3, 0.4) is 0 Å². The first-order chi connectivity index (χ1) is 12.3. The van der Waals surface area contributed by atoms with Crippen LogP contribution in [0.15, 0.2) is 53.3 Å². The molecule has 26 heavy (non-hydrogen) atoms. The molecule has 0 radical (unpaired) electrons. The largest absolute Gasteiger partial charge is 0.416 e. The number of alkyl halides is 4. The number of para-hydroxylation sites is 1. The first kappa shape index (κ1) is 16.6. The normalized spacial score (nSPS) is 19.5. The number of aromatic nitrogens is 2. The molecule has 0 amide bonds. The standard InChI is InChI=1S/C18H13F4N3O/c19-13-9-14(13)23-16-12-7-6-10(18(20,21)22)8-15(12)25(17(26)24-16)11-4-2-1-3-5-11/h1-8,13-14H,9H2,(H,23,24,26)/t13-,14?/m1/s1. The van der Waals surface area contributed by atoms with Crippen LogP contribution in [-0.2, 0) is 6.18 Å². The van der Waals surface area contributed by atoms with Crippen LogP contribution in [0.2, 0.25) is 0 Å². The monoisotopic (exact) mass is 363 g/mol. The maximum atomic E-state index is 13.2. The van der Waals surface area contributed by atoms with Gasteiger partial charge in [0.05, 0.1) is 22.8 Å². The first-order valence-electron chi connectivity index (χ1n) is 7.94. The van der Waals surface area contributed by atoms with E-state index in [9.17, 15) is 22.4 Å². The van der Waals surface area contributed by atoms with Gasteiger partial charge in [0.25, 0.3) is 0 Å². The summed E-state index contributed by atoms with van der Waals surface area (Å²) in [7, 11) is 0. The van der Waals surface area contributed by atoms with Crippen molar-refractivity contribution in [2.24, 2.45) is 0 Å². The molecule has 0 spiro atoms. The zero-order chi connectivity index (χ0) is 18.5. The van der Waals surface area contributed by atoms with Crippen molar-refractivity contribution in [1.82, 2.24) is 9.55 Å². The quantitative estimate of drug-likeness (QED) is 0.718. The van der Waals surface area contributed by atoms with Gasteiger partial charge in [-0.25, -0.2) is 9.18 Å². The number of anilines is 1. The second-order valence-corrected chi connectivity index (χ2v) is 6.15. The number of nitrogens with zero attached hydrogens (tertiary/aromatic N) is 2. The molecule has 8 heteroatoms. The SMILES string of the molecule is O=c1nc(NC2C[C@H]2F)c2ccc(C(F)(F)F)cc2n1-c1ccccc1. The topological polar surface area (TPSA) is 46.9 Å². The molecule has 134 valence electrons. The van der Waals surface area contributed by atoms with Crippen molar-refractivity contribution in [3.8, 4) is 5.69 Å². The molecular formula is C18H13F4N3O. The van der Waals surface area contributed by atoms with Gasteiger partial charge in [0.15, 0.2) is 0 Å². The minimum Gasteiger partial charge on any atom is -0.364 e. The number of benzene rings is 2. The van der Waals surface area contributed by atoms with Crippen molar-refractivity contribution < 1.29 is 17.6 Å². The minimum atomic E-state index is -4.55. The molecule has 1 fully saturated rings. The molecule has 4 nitrogen and oxygen atoms in total. The van der Waals surface area contributed by atoms with Gasteiger partial charge in [-0.2, -0.15) is 18.2 Å². The highest BCUT2D eigenvalue weighted by Gasteiger charge is 2.38. The average Bonchev–Trinajstić information content (AvgIpc) is 3.29. The second kappa shape index (κ2) is 5.82. The van der Waals surface area contributed by atoms with E-state index in [1.54, 1.807) is 30.3 Å². The molecule has 0 bridgehead atoms. The van der Waals surface area contributed by atoms with Gasteiger partial charge < -0.3 is 5.32 Å². The van der Waals surface area contributed by atoms with Crippen LogP contribution < -0.4 is 11.0 Å². The highest BCUT2D eigenvalue weighted by molar-refractivity contribution is 5.91. The number of hydrogen-bond donors (Lipinski definition) is 1. The molecule has 0 aliphatic heterocycles. The maximum absolute atomic E-state index is 13.2. The van der Waals surface area contributed by atoms with Crippen molar-refractivity contribution in [3.05, 3.63) is 64.6 Å². The van der Waals surface area contributed by atoms with Crippen molar-refractivity contribution >= 4 is 16.7 Å². The van der Waals surface area contributed by atoms with Gasteiger partial charge in [0.1, 0.15) is 12.0 Å². The molecule has 2 aromatic carbocycles. The second-order valence-electron chi connectivity index (χ2n) is 6.15. The summed E-state index contributed by atoms with van der Waals surface area (Å²) >= 11 is 0. The Morgan fingerprint density at radius 2 is 1.81 bits per heavy atom. The molecule has 1 aromatic heterocycles. The van der Waals surface area contributed by atoms with Gasteiger partial charge in [-0.05, 0) is 30.3 Å². The van der Waals surface area contributed by atoms with E-state index < -0.39 is 29.6 Å². The van der Waals surface area contributed by atoms with Gasteiger partial charge in [0, 0.05) is 11.8 Å². The Kier molecular flexibility index (Phi) is 3.71. The third-order valence-corrected chi connectivity index (χ3v) is 4.27. The number of rotatable bonds is 3. The zero-order valence-corrected chi connectivity index (χ0v) is 13.3. The summed E-state index contributed by atoms with van der Waals surface area (Å²) in [4.78, 5) is 16.5. The molecular weight excluding hydrogens is 350 g/mol. The summed E-state index contributed by atoms with van der Waals surface area (Å²) in [6.07, 6.45) is -5.31. The van der Waals surface area contributed by atoms with Gasteiger partial charge in [-0.15, -0.1) is 0 Å². The maximum Gasteiger partial charge on any atom is 0.416 e. The van der Waals surface area contributed by atoms with E-state index in [-0.39, 0.29) is 17.8 Å². The van der Waals surface area contributed by atoms with Crippen LogP contribution in [0, 0.1) is 0 Å². The van der Waals surface area contributed by atoms with Gasteiger partial charge in [-0.1, -0.05) is 18.2 Å². The molecule has 4 rings (SSSR count). The molecule has 1 N–H and O–H groups in total. The summed E-state index contributed by atoms with van der Waals surface area (Å²) in [5.41, 5.74) is -1.15. The fourth-order valence-corrected chi connectivity index (χ4v) is 2.83. The number of halogens is 4. The lowest BCUT2D eigenvalue weighted by atomic mass is 10.1. The zero-order valence-electron chi connectivity index (χ0n) is 13.3. The molecule has 1 saturated carbocycles. The van der Waals surface area contributed by atoms with Gasteiger partial charge in [0.2, 0.25) is 0 Å². The fourth-order valence-electron chi connectivity index (χ4n) is 2.83. The molecule has 1 heterocycles. The van der Waals surface area contributed by atoms with Crippen molar-refractivity contribution in [2.75, 3.05) is 5.32 Å². The van der Waals surface area contributed by atoms with E-state index in [1.165, 1.54) is 6.07 Å². The van der Waals surface area contributed by atoms with Gasteiger partial charge in [-0.3, -0.25) is 4.57 Å². The Morgan fingerprint density at radius 3 is 2.42 bits per heavy atom. The lowest BCUT2D eigenvalue weighted by Crippen LogP contribution is -2.24. The number of nitrogens with one attached hydrogen (secondary N) is 1. The van der Waals surface area contributed by atoms with Crippen LogP contribution in [0.1, 0.15) is 12.0 Å². The predicted octanol–water partition coefficient (Wildman–Crippen LogP) is 3.93. The van der Waals surface area contributed by atoms with Crippen LogP contribution in [-0.4, -0.2) is 21.8 Å². The van der Waals surface area contributed by atoms with E-state index in [1.807, 2.05) is 0 Å². The Morgan fingerprint density at radius 1 is 1.12 bits per heavy atom. The van der Waals surface area contributed by atoms with Gasteiger partial charge >= 0.3 is 11.9 Å². The van der Waals surface area contributed by atoms with Crippen molar-refractivity contribution in [1.29, 1.82) is 0 Å². The Hall–Kier alpha value is -2.90. The lowest BCUT2D eigenvalue weighted by molar-refractivity contribution is -0.137. The Bertz CT molecular complexity index is 1030. The molecule has 1 aliphatic rings. The first-order valence-corrected chi connectivity index (χ1v) is 7.94. The van der Waals surface area contributed by atoms with Crippen LogP contribution in [0.25, 0.3) is 16.6 Å². The molecule has 1 unspecified atom stereocenters. The Balaban J connectivity index is 1.98. The number of hydrogen-bond acceptors (Lipinski definition) is 3. The van der Waals surface area contributed by atoms with Crippen LogP contribution >= 0.6 is 0 Å². The lowest BCUT2D eigenvalue weighted by Gasteiger charge is -2.15. The van der Waals surface area contributed by atoms with Crippen molar-refractivity contribution in [3.63, 3.8) is 0 Å². The minimum absolute atomic E-state index is 0.0598. The van der Waals surface area contributed by atoms with E-state index in [2.05, 4.69) is 10.3 Å². The fraction of sp³-hybridized carbons (Fsp3) is 0.222.